The molecule has 0 aromatic heterocycles. The predicted octanol–water partition coefficient (Wildman–Crippen LogP) is 4.00. The number of aliphatic hydroxyl groups is 1. The van der Waals surface area contributed by atoms with E-state index < -0.39 is 23.7 Å². The highest BCUT2D eigenvalue weighted by Crippen LogP contribution is 2.39. The highest BCUT2D eigenvalue weighted by molar-refractivity contribution is 5.44. The fourth-order valence-electron chi connectivity index (χ4n) is 1.59. The Bertz CT molecular complexity index is 460. The molecule has 0 spiro atoms. The Morgan fingerprint density at radius 1 is 1.05 bits per heavy atom. The molecule has 0 heterocycles. The molecule has 0 fully saturated rings. The molecule has 1 atom stereocenters. The van der Waals surface area contributed by atoms with E-state index in [1.165, 1.54) is 0 Å². The SMILES string of the molecule is CCCOc1cc(F)c(C(O)C(F)(F)F)cc1OCCC. The Morgan fingerprint density at radius 2 is 1.52 bits per heavy atom. The molecule has 120 valence electrons. The first-order chi connectivity index (χ1) is 9.81. The summed E-state index contributed by atoms with van der Waals surface area (Å²) in [6, 6.07) is 1.65. The van der Waals surface area contributed by atoms with Crippen LogP contribution < -0.4 is 9.47 Å². The summed E-state index contributed by atoms with van der Waals surface area (Å²) in [5.41, 5.74) is -0.877. The van der Waals surface area contributed by atoms with Crippen LogP contribution in [0.2, 0.25) is 0 Å². The van der Waals surface area contributed by atoms with Crippen LogP contribution in [0.1, 0.15) is 38.4 Å². The molecular formula is C14H18F4O3. The van der Waals surface area contributed by atoms with E-state index in [1.807, 2.05) is 13.8 Å². The number of hydrogen-bond acceptors (Lipinski definition) is 3. The molecule has 0 aliphatic heterocycles. The van der Waals surface area contributed by atoms with Crippen molar-refractivity contribution < 1.29 is 32.1 Å². The van der Waals surface area contributed by atoms with Gasteiger partial charge in [0, 0.05) is 11.6 Å². The van der Waals surface area contributed by atoms with Gasteiger partial charge < -0.3 is 14.6 Å². The Balaban J connectivity index is 3.16. The summed E-state index contributed by atoms with van der Waals surface area (Å²) in [6.07, 6.45) is -6.57. The normalized spacial score (nSPS) is 13.1. The van der Waals surface area contributed by atoms with Gasteiger partial charge in [0.25, 0.3) is 0 Å². The smallest absolute Gasteiger partial charge is 0.418 e. The maximum absolute atomic E-state index is 13.8. The van der Waals surface area contributed by atoms with E-state index in [9.17, 15) is 22.7 Å². The van der Waals surface area contributed by atoms with Gasteiger partial charge in [-0.05, 0) is 18.9 Å². The minimum Gasteiger partial charge on any atom is -0.490 e. The van der Waals surface area contributed by atoms with Crippen molar-refractivity contribution in [2.45, 2.75) is 39.0 Å². The van der Waals surface area contributed by atoms with Crippen LogP contribution in [0.3, 0.4) is 0 Å². The van der Waals surface area contributed by atoms with Crippen molar-refractivity contribution in [1.82, 2.24) is 0 Å². The minimum atomic E-state index is -4.95. The van der Waals surface area contributed by atoms with Crippen molar-refractivity contribution in [2.75, 3.05) is 13.2 Å². The first kappa shape index (κ1) is 17.6. The third-order valence-corrected chi connectivity index (χ3v) is 2.59. The number of aliphatic hydroxyl groups excluding tert-OH is 1. The van der Waals surface area contributed by atoms with Crippen molar-refractivity contribution in [1.29, 1.82) is 0 Å². The number of halogens is 4. The Morgan fingerprint density at radius 3 is 1.95 bits per heavy atom. The molecule has 0 saturated carbocycles. The van der Waals surface area contributed by atoms with Crippen LogP contribution in [0.15, 0.2) is 12.1 Å². The Kier molecular flexibility index (Phi) is 6.26. The molecule has 0 radical (unpaired) electrons. The highest BCUT2D eigenvalue weighted by atomic mass is 19.4. The lowest BCUT2D eigenvalue weighted by molar-refractivity contribution is -0.207. The summed E-state index contributed by atoms with van der Waals surface area (Å²) in [6.45, 7) is 4.19. The molecule has 3 nitrogen and oxygen atoms in total. The largest absolute Gasteiger partial charge is 0.490 e. The van der Waals surface area contributed by atoms with Crippen LogP contribution >= 0.6 is 0 Å². The Labute approximate surface area is 120 Å². The minimum absolute atomic E-state index is 0.00926. The molecule has 1 rings (SSSR count). The molecule has 0 amide bonds. The quantitative estimate of drug-likeness (QED) is 0.774. The van der Waals surface area contributed by atoms with Crippen molar-refractivity contribution in [3.8, 4) is 11.5 Å². The predicted molar refractivity (Wildman–Crippen MR) is 69.0 cm³/mol. The lowest BCUT2D eigenvalue weighted by Crippen LogP contribution is -2.21. The fourth-order valence-corrected chi connectivity index (χ4v) is 1.59. The van der Waals surface area contributed by atoms with Gasteiger partial charge in [-0.2, -0.15) is 13.2 Å². The van der Waals surface area contributed by atoms with E-state index in [0.717, 1.165) is 12.1 Å². The molecule has 1 aromatic carbocycles. The maximum Gasteiger partial charge on any atom is 0.418 e. The highest BCUT2D eigenvalue weighted by Gasteiger charge is 2.41. The third-order valence-electron chi connectivity index (χ3n) is 2.59. The topological polar surface area (TPSA) is 38.7 Å². The first-order valence-corrected chi connectivity index (χ1v) is 6.65. The van der Waals surface area contributed by atoms with Gasteiger partial charge in [-0.25, -0.2) is 4.39 Å². The van der Waals surface area contributed by atoms with Crippen molar-refractivity contribution >= 4 is 0 Å². The van der Waals surface area contributed by atoms with Gasteiger partial charge in [0.2, 0.25) is 0 Å². The zero-order valence-corrected chi connectivity index (χ0v) is 11.8. The summed E-state index contributed by atoms with van der Waals surface area (Å²) in [5, 5.41) is 9.19. The van der Waals surface area contributed by atoms with Gasteiger partial charge in [-0.15, -0.1) is 0 Å². The van der Waals surface area contributed by atoms with Gasteiger partial charge >= 0.3 is 6.18 Å². The van der Waals surface area contributed by atoms with Gasteiger partial charge in [0.1, 0.15) is 5.82 Å². The maximum atomic E-state index is 13.8. The van der Waals surface area contributed by atoms with Crippen LogP contribution in [-0.4, -0.2) is 24.5 Å². The van der Waals surface area contributed by atoms with E-state index in [1.54, 1.807) is 0 Å². The monoisotopic (exact) mass is 310 g/mol. The molecule has 1 aromatic rings. The summed E-state index contributed by atoms with van der Waals surface area (Å²) in [7, 11) is 0. The Hall–Kier alpha value is -1.50. The van der Waals surface area contributed by atoms with Crippen LogP contribution in [0.4, 0.5) is 17.6 Å². The second kappa shape index (κ2) is 7.49. The summed E-state index contributed by atoms with van der Waals surface area (Å²) in [5.74, 6) is -1.17. The molecule has 21 heavy (non-hydrogen) atoms. The van der Waals surface area contributed by atoms with E-state index in [2.05, 4.69) is 0 Å². The standard InChI is InChI=1S/C14H18F4O3/c1-3-5-20-11-7-9(13(19)14(16,17)18)10(15)8-12(11)21-6-4-2/h7-8,13,19H,3-6H2,1-2H3. The number of hydrogen-bond donors (Lipinski definition) is 1. The summed E-state index contributed by atoms with van der Waals surface area (Å²) >= 11 is 0. The molecular weight excluding hydrogens is 292 g/mol. The van der Waals surface area contributed by atoms with E-state index in [-0.39, 0.29) is 24.7 Å². The molecule has 7 heteroatoms. The van der Waals surface area contributed by atoms with Crippen LogP contribution in [0, 0.1) is 5.82 Å². The molecule has 0 aliphatic carbocycles. The van der Waals surface area contributed by atoms with E-state index in [0.29, 0.717) is 12.8 Å². The van der Waals surface area contributed by atoms with Crippen LogP contribution in [-0.2, 0) is 0 Å². The van der Waals surface area contributed by atoms with Gasteiger partial charge in [-0.3, -0.25) is 0 Å². The molecule has 0 saturated heterocycles. The van der Waals surface area contributed by atoms with Gasteiger partial charge in [0.05, 0.1) is 13.2 Å². The van der Waals surface area contributed by atoms with Crippen molar-refractivity contribution in [2.24, 2.45) is 0 Å². The second-order valence-corrected chi connectivity index (χ2v) is 4.46. The van der Waals surface area contributed by atoms with Crippen molar-refractivity contribution in [3.05, 3.63) is 23.5 Å². The van der Waals surface area contributed by atoms with E-state index >= 15 is 0 Å². The lowest BCUT2D eigenvalue weighted by Gasteiger charge is -2.19. The van der Waals surface area contributed by atoms with Crippen LogP contribution in [0.5, 0.6) is 11.5 Å². The first-order valence-electron chi connectivity index (χ1n) is 6.65. The fraction of sp³-hybridized carbons (Fsp3) is 0.571. The lowest BCUT2D eigenvalue weighted by atomic mass is 10.1. The summed E-state index contributed by atoms with van der Waals surface area (Å²) < 4.78 is 61.8. The zero-order valence-electron chi connectivity index (χ0n) is 11.8. The molecule has 1 unspecified atom stereocenters. The third kappa shape index (κ3) is 4.77. The van der Waals surface area contributed by atoms with Gasteiger partial charge in [0.15, 0.2) is 17.6 Å². The van der Waals surface area contributed by atoms with Crippen molar-refractivity contribution in [3.63, 3.8) is 0 Å². The van der Waals surface area contributed by atoms with Crippen LogP contribution in [0.25, 0.3) is 0 Å². The van der Waals surface area contributed by atoms with E-state index in [4.69, 9.17) is 9.47 Å². The second-order valence-electron chi connectivity index (χ2n) is 4.46. The number of alkyl halides is 3. The summed E-state index contributed by atoms with van der Waals surface area (Å²) in [4.78, 5) is 0. The average Bonchev–Trinajstić information content (AvgIpc) is 2.42. The average molecular weight is 310 g/mol. The van der Waals surface area contributed by atoms with Gasteiger partial charge in [-0.1, -0.05) is 13.8 Å². The number of benzene rings is 1. The molecule has 0 bridgehead atoms. The molecule has 0 aliphatic rings. The number of rotatable bonds is 7. The molecule has 1 N–H and O–H groups in total. The zero-order chi connectivity index (χ0) is 16.0. The number of ether oxygens (including phenoxy) is 2.